The molecule has 1 aliphatic heterocycles. The number of nitro groups is 1. The highest BCUT2D eigenvalue weighted by Crippen LogP contribution is 2.24. The SMILES string of the molecule is O=C(NCC1NCCc2ccccc21)c1csc([N+](=O)[O-])c1. The highest BCUT2D eigenvalue weighted by atomic mass is 32.1. The first kappa shape index (κ1) is 14.7. The van der Waals surface area contributed by atoms with E-state index in [1.807, 2.05) is 12.1 Å². The summed E-state index contributed by atoms with van der Waals surface area (Å²) in [6, 6.07) is 9.55. The second-order valence-corrected chi connectivity index (χ2v) is 5.99. The molecule has 22 heavy (non-hydrogen) atoms. The first-order chi connectivity index (χ1) is 10.6. The normalized spacial score (nSPS) is 16.8. The molecule has 0 saturated carbocycles. The summed E-state index contributed by atoms with van der Waals surface area (Å²) in [6.45, 7) is 1.33. The van der Waals surface area contributed by atoms with E-state index in [1.54, 1.807) is 0 Å². The van der Waals surface area contributed by atoms with Crippen LogP contribution in [-0.2, 0) is 6.42 Å². The van der Waals surface area contributed by atoms with Crippen molar-refractivity contribution in [1.29, 1.82) is 0 Å². The lowest BCUT2D eigenvalue weighted by Crippen LogP contribution is -2.38. The molecule has 2 heterocycles. The van der Waals surface area contributed by atoms with Crippen LogP contribution in [0.25, 0.3) is 0 Å². The predicted octanol–water partition coefficient (Wildman–Crippen LogP) is 2.27. The fraction of sp³-hybridized carbons (Fsp3) is 0.267. The Hall–Kier alpha value is -2.25. The fourth-order valence-corrected chi connectivity index (χ4v) is 3.32. The van der Waals surface area contributed by atoms with Crippen LogP contribution in [0.15, 0.2) is 35.7 Å². The Morgan fingerprint density at radius 2 is 2.27 bits per heavy atom. The van der Waals surface area contributed by atoms with Gasteiger partial charge >= 0.3 is 5.00 Å². The number of carbonyl (C=O) groups is 1. The lowest BCUT2D eigenvalue weighted by atomic mass is 9.94. The van der Waals surface area contributed by atoms with E-state index < -0.39 is 4.92 Å². The number of thiophene rings is 1. The Bertz CT molecular complexity index is 714. The summed E-state index contributed by atoms with van der Waals surface area (Å²) in [6.07, 6.45) is 0.983. The zero-order chi connectivity index (χ0) is 15.5. The van der Waals surface area contributed by atoms with Gasteiger partial charge < -0.3 is 10.6 Å². The van der Waals surface area contributed by atoms with E-state index >= 15 is 0 Å². The summed E-state index contributed by atoms with van der Waals surface area (Å²) in [5.41, 5.74) is 2.83. The van der Waals surface area contributed by atoms with Gasteiger partial charge in [0.25, 0.3) is 5.91 Å². The van der Waals surface area contributed by atoms with E-state index in [9.17, 15) is 14.9 Å². The van der Waals surface area contributed by atoms with Crippen molar-refractivity contribution in [3.63, 3.8) is 0 Å². The Kier molecular flexibility index (Phi) is 4.17. The average Bonchev–Trinajstić information content (AvgIpc) is 3.03. The summed E-state index contributed by atoms with van der Waals surface area (Å²) in [4.78, 5) is 22.2. The molecule has 114 valence electrons. The zero-order valence-electron chi connectivity index (χ0n) is 11.7. The van der Waals surface area contributed by atoms with Gasteiger partial charge in [-0.2, -0.15) is 0 Å². The van der Waals surface area contributed by atoms with Gasteiger partial charge in [0.15, 0.2) is 0 Å². The number of benzene rings is 1. The molecule has 6 nitrogen and oxygen atoms in total. The lowest BCUT2D eigenvalue weighted by molar-refractivity contribution is -0.380. The molecule has 3 rings (SSSR count). The van der Waals surface area contributed by atoms with Crippen molar-refractivity contribution in [3.8, 4) is 0 Å². The number of rotatable bonds is 4. The van der Waals surface area contributed by atoms with Gasteiger partial charge in [-0.1, -0.05) is 35.6 Å². The smallest absolute Gasteiger partial charge is 0.324 e. The minimum Gasteiger partial charge on any atom is -0.350 e. The molecule has 1 atom stereocenters. The number of fused-ring (bicyclic) bond motifs is 1. The molecule has 0 fully saturated rings. The second-order valence-electron chi connectivity index (χ2n) is 5.10. The summed E-state index contributed by atoms with van der Waals surface area (Å²) in [5, 5.41) is 18.4. The Labute approximate surface area is 131 Å². The molecule has 2 N–H and O–H groups in total. The minimum atomic E-state index is -0.486. The van der Waals surface area contributed by atoms with Crippen molar-refractivity contribution in [2.24, 2.45) is 0 Å². The Balaban J connectivity index is 1.65. The highest BCUT2D eigenvalue weighted by Gasteiger charge is 2.21. The molecule has 0 radical (unpaired) electrons. The molecule has 7 heteroatoms. The molecule has 2 aromatic rings. The molecular formula is C15H15N3O3S. The third-order valence-electron chi connectivity index (χ3n) is 3.71. The summed E-state index contributed by atoms with van der Waals surface area (Å²) < 4.78 is 0. The van der Waals surface area contributed by atoms with E-state index in [1.165, 1.54) is 22.6 Å². The van der Waals surface area contributed by atoms with Crippen LogP contribution >= 0.6 is 11.3 Å². The standard InChI is InChI=1S/C15H15N3O3S/c19-15(11-7-14(18(20)21)22-9-11)17-8-13-12-4-2-1-3-10(12)5-6-16-13/h1-4,7,9,13,16H,5-6,8H2,(H,17,19). The average molecular weight is 317 g/mol. The van der Waals surface area contributed by atoms with Gasteiger partial charge in [-0.15, -0.1) is 0 Å². The van der Waals surface area contributed by atoms with E-state index in [2.05, 4.69) is 22.8 Å². The van der Waals surface area contributed by atoms with E-state index in [4.69, 9.17) is 0 Å². The topological polar surface area (TPSA) is 84.3 Å². The molecule has 1 amide bonds. The summed E-state index contributed by atoms with van der Waals surface area (Å²) in [5.74, 6) is -0.283. The van der Waals surface area contributed by atoms with Gasteiger partial charge in [-0.05, 0) is 24.1 Å². The molecular weight excluding hydrogens is 302 g/mol. The van der Waals surface area contributed by atoms with Crippen LogP contribution < -0.4 is 10.6 Å². The van der Waals surface area contributed by atoms with Crippen LogP contribution in [0.2, 0.25) is 0 Å². The summed E-state index contributed by atoms with van der Waals surface area (Å²) >= 11 is 0.960. The predicted molar refractivity (Wildman–Crippen MR) is 84.2 cm³/mol. The van der Waals surface area contributed by atoms with Crippen molar-refractivity contribution < 1.29 is 9.72 Å². The van der Waals surface area contributed by atoms with Gasteiger partial charge in [0, 0.05) is 24.0 Å². The van der Waals surface area contributed by atoms with Crippen LogP contribution in [0.5, 0.6) is 0 Å². The van der Waals surface area contributed by atoms with Crippen molar-refractivity contribution >= 4 is 22.2 Å². The van der Waals surface area contributed by atoms with Gasteiger partial charge in [0.05, 0.1) is 10.5 Å². The van der Waals surface area contributed by atoms with E-state index in [-0.39, 0.29) is 17.0 Å². The molecule has 0 saturated heterocycles. The monoisotopic (exact) mass is 317 g/mol. The molecule has 1 aromatic heterocycles. The molecule has 1 aromatic carbocycles. The third-order valence-corrected chi connectivity index (χ3v) is 4.59. The Morgan fingerprint density at radius 3 is 3.05 bits per heavy atom. The van der Waals surface area contributed by atoms with Crippen LogP contribution in [0.1, 0.15) is 27.5 Å². The molecule has 0 spiro atoms. The number of hydrogen-bond donors (Lipinski definition) is 2. The maximum absolute atomic E-state index is 12.1. The quantitative estimate of drug-likeness (QED) is 0.669. The van der Waals surface area contributed by atoms with Crippen LogP contribution in [0, 0.1) is 10.1 Å². The van der Waals surface area contributed by atoms with Crippen LogP contribution in [-0.4, -0.2) is 23.9 Å². The van der Waals surface area contributed by atoms with Gasteiger partial charge in [0.1, 0.15) is 0 Å². The first-order valence-corrected chi connectivity index (χ1v) is 7.85. The Morgan fingerprint density at radius 1 is 1.45 bits per heavy atom. The lowest BCUT2D eigenvalue weighted by Gasteiger charge is -2.27. The van der Waals surface area contributed by atoms with E-state index in [0.717, 1.165) is 24.3 Å². The zero-order valence-corrected chi connectivity index (χ0v) is 12.6. The van der Waals surface area contributed by atoms with Gasteiger partial charge in [-0.3, -0.25) is 14.9 Å². The number of nitrogens with zero attached hydrogens (tertiary/aromatic N) is 1. The van der Waals surface area contributed by atoms with E-state index in [0.29, 0.717) is 12.1 Å². The van der Waals surface area contributed by atoms with Crippen molar-refractivity contribution in [2.45, 2.75) is 12.5 Å². The number of hydrogen-bond acceptors (Lipinski definition) is 5. The maximum atomic E-state index is 12.1. The maximum Gasteiger partial charge on any atom is 0.324 e. The van der Waals surface area contributed by atoms with Crippen molar-refractivity contribution in [3.05, 3.63) is 62.5 Å². The fourth-order valence-electron chi connectivity index (χ4n) is 2.61. The number of amides is 1. The molecule has 0 bridgehead atoms. The first-order valence-electron chi connectivity index (χ1n) is 6.97. The van der Waals surface area contributed by atoms with Crippen molar-refractivity contribution in [1.82, 2.24) is 10.6 Å². The third kappa shape index (κ3) is 3.00. The largest absolute Gasteiger partial charge is 0.350 e. The highest BCUT2D eigenvalue weighted by molar-refractivity contribution is 7.13. The summed E-state index contributed by atoms with van der Waals surface area (Å²) in [7, 11) is 0. The second kappa shape index (κ2) is 6.25. The molecule has 0 aliphatic carbocycles. The molecule has 1 aliphatic rings. The van der Waals surface area contributed by atoms with Crippen LogP contribution in [0.3, 0.4) is 0 Å². The van der Waals surface area contributed by atoms with Crippen molar-refractivity contribution in [2.75, 3.05) is 13.1 Å². The minimum absolute atomic E-state index is 0.0220. The van der Waals surface area contributed by atoms with Crippen LogP contribution in [0.4, 0.5) is 5.00 Å². The molecule has 1 unspecified atom stereocenters. The van der Waals surface area contributed by atoms with Gasteiger partial charge in [-0.25, -0.2) is 0 Å². The number of nitrogens with one attached hydrogen (secondary N) is 2. The number of carbonyl (C=O) groups excluding carboxylic acids is 1. The van der Waals surface area contributed by atoms with Gasteiger partial charge in [0.2, 0.25) is 0 Å².